The smallest absolute Gasteiger partial charge is 0.238 e. The van der Waals surface area contributed by atoms with Crippen LogP contribution in [-0.2, 0) is 6.42 Å². The summed E-state index contributed by atoms with van der Waals surface area (Å²) < 4.78 is 4.63. The second kappa shape index (κ2) is 14.7. The Labute approximate surface area is 357 Å². The minimum absolute atomic E-state index is 0.591. The van der Waals surface area contributed by atoms with Crippen LogP contribution in [0.1, 0.15) is 17.7 Å². The third-order valence-corrected chi connectivity index (χ3v) is 11.7. The number of allylic oxidation sites excluding steroid dienone is 1. The first-order valence-corrected chi connectivity index (χ1v) is 20.9. The van der Waals surface area contributed by atoms with Crippen LogP contribution in [0, 0.1) is 0 Å². The maximum absolute atomic E-state index is 5.24. The van der Waals surface area contributed by atoms with Crippen LogP contribution in [0.5, 0.6) is 0 Å². The van der Waals surface area contributed by atoms with Gasteiger partial charge in [-0.15, -0.1) is 0 Å². The van der Waals surface area contributed by atoms with Crippen LogP contribution in [0.15, 0.2) is 188 Å². The lowest BCUT2D eigenvalue weighted by atomic mass is 10.0. The molecule has 8 nitrogen and oxygen atoms in total. The SMILES string of the molecule is C1=Cc2c(n(-c3nc(-c4ccccc4)nc(-c4ccccc4)n3)c3cc4c(cc23)c2ccccc2n4-c2ccccc2-c2nc(-c3ccccc3)nc(-c3ccccc3)n2)CC1. The Morgan fingerprint density at radius 3 is 1.45 bits per heavy atom. The van der Waals surface area contributed by atoms with Crippen molar-refractivity contribution in [3.8, 4) is 68.6 Å². The minimum atomic E-state index is 0.591. The lowest BCUT2D eigenvalue weighted by Crippen LogP contribution is -2.10. The van der Waals surface area contributed by atoms with Crippen molar-refractivity contribution in [1.82, 2.24) is 39.0 Å². The van der Waals surface area contributed by atoms with E-state index < -0.39 is 0 Å². The Morgan fingerprint density at radius 2 is 0.855 bits per heavy atom. The van der Waals surface area contributed by atoms with E-state index in [-0.39, 0.29) is 0 Å². The summed E-state index contributed by atoms with van der Waals surface area (Å²) in [4.78, 5) is 30.9. The molecule has 4 heterocycles. The number of hydrogen-bond donors (Lipinski definition) is 0. The Bertz CT molecular complexity index is 3390. The van der Waals surface area contributed by atoms with Gasteiger partial charge < -0.3 is 4.57 Å². The summed E-state index contributed by atoms with van der Waals surface area (Å²) in [6.07, 6.45) is 6.32. The van der Waals surface area contributed by atoms with Gasteiger partial charge in [-0.2, -0.15) is 9.97 Å². The average Bonchev–Trinajstić information content (AvgIpc) is 3.86. The molecule has 0 radical (unpaired) electrons. The van der Waals surface area contributed by atoms with E-state index in [0.29, 0.717) is 35.1 Å². The third kappa shape index (κ3) is 5.99. The molecule has 11 aromatic rings. The van der Waals surface area contributed by atoms with Crippen molar-refractivity contribution in [3.05, 3.63) is 199 Å². The molecule has 0 unspecified atom stereocenters. The first kappa shape index (κ1) is 35.6. The summed E-state index contributed by atoms with van der Waals surface area (Å²) in [5.74, 6) is 3.67. The number of benzene rings is 7. The van der Waals surface area contributed by atoms with Gasteiger partial charge in [0.1, 0.15) is 0 Å². The molecule has 7 aromatic carbocycles. The Hall–Kier alpha value is -8.36. The van der Waals surface area contributed by atoms with Crippen molar-refractivity contribution in [2.75, 3.05) is 0 Å². The predicted molar refractivity (Wildman–Crippen MR) is 249 cm³/mol. The molecule has 62 heavy (non-hydrogen) atoms. The van der Waals surface area contributed by atoms with Gasteiger partial charge in [0.05, 0.1) is 22.2 Å². The monoisotopic (exact) mass is 796 g/mol. The van der Waals surface area contributed by atoms with Crippen molar-refractivity contribution >= 4 is 38.8 Å². The largest absolute Gasteiger partial charge is 0.308 e. The highest BCUT2D eigenvalue weighted by molar-refractivity contribution is 6.15. The zero-order valence-electron chi connectivity index (χ0n) is 33.5. The van der Waals surface area contributed by atoms with E-state index in [9.17, 15) is 0 Å². The lowest BCUT2D eigenvalue weighted by molar-refractivity contribution is 0.839. The molecule has 0 saturated heterocycles. The fourth-order valence-electron chi connectivity index (χ4n) is 8.85. The highest BCUT2D eigenvalue weighted by Gasteiger charge is 2.25. The third-order valence-electron chi connectivity index (χ3n) is 11.7. The van der Waals surface area contributed by atoms with E-state index in [1.165, 1.54) is 11.3 Å². The van der Waals surface area contributed by atoms with Crippen LogP contribution in [0.2, 0.25) is 0 Å². The van der Waals surface area contributed by atoms with E-state index in [1.807, 2.05) is 97.1 Å². The Balaban J connectivity index is 1.13. The maximum atomic E-state index is 5.24. The standard InChI is InChI=1S/C54H36N8/c1-5-19-35(20-6-1)49-55-50(36-21-7-2-8-22-36)58-53(57-49)41-29-15-18-32-46(41)61-44-30-16-13-27-39(44)42-33-43-40-28-14-17-31-45(40)62(48(43)34-47(42)61)54-59-51(37-23-9-3-10-24-37)56-52(60-54)38-25-11-4-12-26-38/h1-16,18-30,32-34H,17,31H2. The summed E-state index contributed by atoms with van der Waals surface area (Å²) in [5.41, 5.74) is 11.1. The van der Waals surface area contributed by atoms with E-state index in [0.717, 1.165) is 79.1 Å². The predicted octanol–water partition coefficient (Wildman–Crippen LogP) is 12.4. The molecule has 0 fully saturated rings. The average molecular weight is 797 g/mol. The quantitative estimate of drug-likeness (QED) is 0.160. The van der Waals surface area contributed by atoms with Gasteiger partial charge in [-0.05, 0) is 43.2 Å². The van der Waals surface area contributed by atoms with Gasteiger partial charge in [-0.1, -0.05) is 164 Å². The van der Waals surface area contributed by atoms with Gasteiger partial charge in [0, 0.05) is 55.2 Å². The molecule has 0 N–H and O–H groups in total. The van der Waals surface area contributed by atoms with Gasteiger partial charge >= 0.3 is 0 Å². The Kier molecular flexibility index (Phi) is 8.45. The van der Waals surface area contributed by atoms with E-state index in [2.05, 4.69) is 106 Å². The van der Waals surface area contributed by atoms with Crippen LogP contribution in [0.4, 0.5) is 0 Å². The molecule has 0 amide bonds. The number of fused-ring (bicyclic) bond motifs is 6. The lowest BCUT2D eigenvalue weighted by Gasteiger charge is -2.15. The van der Waals surface area contributed by atoms with Crippen molar-refractivity contribution in [2.24, 2.45) is 0 Å². The van der Waals surface area contributed by atoms with Crippen molar-refractivity contribution < 1.29 is 0 Å². The topological polar surface area (TPSA) is 87.2 Å². The molecular weight excluding hydrogens is 761 g/mol. The van der Waals surface area contributed by atoms with Gasteiger partial charge in [-0.25, -0.2) is 19.9 Å². The van der Waals surface area contributed by atoms with Crippen LogP contribution in [0.3, 0.4) is 0 Å². The fourth-order valence-corrected chi connectivity index (χ4v) is 8.85. The molecule has 1 aliphatic rings. The number of para-hydroxylation sites is 2. The molecule has 4 aromatic heterocycles. The van der Waals surface area contributed by atoms with Gasteiger partial charge in [-0.3, -0.25) is 4.57 Å². The summed E-state index contributed by atoms with van der Waals surface area (Å²) in [5, 5.41) is 3.46. The molecule has 292 valence electrons. The fraction of sp³-hybridized carbons (Fsp3) is 0.0370. The van der Waals surface area contributed by atoms with Crippen LogP contribution < -0.4 is 0 Å². The molecule has 0 aliphatic heterocycles. The molecule has 0 saturated carbocycles. The summed E-state index contributed by atoms with van der Waals surface area (Å²) in [7, 11) is 0. The number of hydrogen-bond acceptors (Lipinski definition) is 6. The molecule has 8 heteroatoms. The molecule has 0 bridgehead atoms. The summed E-state index contributed by atoms with van der Waals surface area (Å²) >= 11 is 0. The van der Waals surface area contributed by atoms with Gasteiger partial charge in [0.15, 0.2) is 29.1 Å². The van der Waals surface area contributed by atoms with E-state index in [4.69, 9.17) is 29.9 Å². The first-order chi connectivity index (χ1) is 30.7. The molecule has 1 aliphatic carbocycles. The molecule has 0 spiro atoms. The zero-order valence-corrected chi connectivity index (χ0v) is 33.5. The Morgan fingerprint density at radius 1 is 0.371 bits per heavy atom. The van der Waals surface area contributed by atoms with Gasteiger partial charge in [0.2, 0.25) is 5.95 Å². The summed E-state index contributed by atoms with van der Waals surface area (Å²) in [6.45, 7) is 0. The summed E-state index contributed by atoms with van der Waals surface area (Å²) in [6, 6.07) is 62.3. The van der Waals surface area contributed by atoms with Gasteiger partial charge in [0.25, 0.3) is 0 Å². The maximum Gasteiger partial charge on any atom is 0.238 e. The van der Waals surface area contributed by atoms with E-state index >= 15 is 0 Å². The normalized spacial score (nSPS) is 12.3. The highest BCUT2D eigenvalue weighted by Crippen LogP contribution is 2.42. The van der Waals surface area contributed by atoms with Crippen LogP contribution in [-0.4, -0.2) is 39.0 Å². The highest BCUT2D eigenvalue weighted by atomic mass is 15.2. The van der Waals surface area contributed by atoms with E-state index in [1.54, 1.807) is 0 Å². The van der Waals surface area contributed by atoms with Crippen molar-refractivity contribution in [3.63, 3.8) is 0 Å². The van der Waals surface area contributed by atoms with Crippen molar-refractivity contribution in [1.29, 1.82) is 0 Å². The first-order valence-electron chi connectivity index (χ1n) is 20.9. The second-order valence-corrected chi connectivity index (χ2v) is 15.4. The van der Waals surface area contributed by atoms with Crippen LogP contribution in [0.25, 0.3) is 107 Å². The minimum Gasteiger partial charge on any atom is -0.308 e. The number of rotatable bonds is 7. The molecule has 0 atom stereocenters. The van der Waals surface area contributed by atoms with Crippen molar-refractivity contribution in [2.45, 2.75) is 12.8 Å². The molecular formula is C54H36N8. The van der Waals surface area contributed by atoms with Crippen LogP contribution >= 0.6 is 0 Å². The second-order valence-electron chi connectivity index (χ2n) is 15.4. The molecule has 12 rings (SSSR count). The number of aromatic nitrogens is 8. The number of nitrogens with zero attached hydrogens (tertiary/aromatic N) is 8. The zero-order chi connectivity index (χ0) is 41.0.